The zero-order valence-corrected chi connectivity index (χ0v) is 19.6. The molecule has 0 heterocycles. The summed E-state index contributed by atoms with van der Waals surface area (Å²) in [6.45, 7) is 1.51. The van der Waals surface area contributed by atoms with Crippen molar-refractivity contribution in [3.05, 3.63) is 99.6 Å². The lowest BCUT2D eigenvalue weighted by molar-refractivity contribution is -0.143. The SMILES string of the molecule is Cc1cccc(Cl)c1C(=S)P(=O)(C(=O)c1c(C(F)(F)F)cccc1C(F)(F)F)c1ccccc1. The number of hydrogen-bond donors (Lipinski definition) is 0. The standard InChI is InChI=1S/C23H14ClF6O2PS/c1-13-7-5-12-17(24)18(13)21(34)33(32,14-8-3-2-4-9-14)20(31)19-15(22(25,26)27)10-6-11-16(19)23(28,29)30/h2-12H,1H3. The molecule has 0 aliphatic carbocycles. The van der Waals surface area contributed by atoms with Gasteiger partial charge in [0.25, 0.3) is 0 Å². The summed E-state index contributed by atoms with van der Waals surface area (Å²) in [6, 6.07) is 12.1. The van der Waals surface area contributed by atoms with Gasteiger partial charge < -0.3 is 4.57 Å². The first-order valence-corrected chi connectivity index (χ1v) is 12.0. The number of benzene rings is 3. The number of alkyl halides is 6. The number of hydrogen-bond acceptors (Lipinski definition) is 3. The largest absolute Gasteiger partial charge is 0.417 e. The van der Waals surface area contributed by atoms with E-state index in [-0.39, 0.29) is 15.9 Å². The summed E-state index contributed by atoms with van der Waals surface area (Å²) in [5, 5.41) is -0.358. The topological polar surface area (TPSA) is 34.1 Å². The molecule has 0 amide bonds. The third kappa shape index (κ3) is 4.69. The van der Waals surface area contributed by atoms with Crippen LogP contribution in [0.1, 0.15) is 32.6 Å². The number of carbonyl (C=O) groups excluding carboxylic acids is 1. The van der Waals surface area contributed by atoms with Crippen LogP contribution in [0.25, 0.3) is 0 Å². The second-order valence-corrected chi connectivity index (χ2v) is 10.9. The Morgan fingerprint density at radius 2 is 1.29 bits per heavy atom. The first kappa shape index (κ1) is 26.1. The molecular formula is C23H14ClF6O2PS. The third-order valence-electron chi connectivity index (χ3n) is 5.02. The molecule has 0 fully saturated rings. The van der Waals surface area contributed by atoms with E-state index in [1.165, 1.54) is 55.5 Å². The number of rotatable bonds is 5. The van der Waals surface area contributed by atoms with Crippen molar-refractivity contribution < 1.29 is 35.7 Å². The molecule has 0 N–H and O–H groups in total. The molecule has 1 atom stereocenters. The van der Waals surface area contributed by atoms with Crippen molar-refractivity contribution in [3.63, 3.8) is 0 Å². The van der Waals surface area contributed by atoms with E-state index in [1.807, 2.05) is 0 Å². The van der Waals surface area contributed by atoms with Gasteiger partial charge in [-0.15, -0.1) is 0 Å². The van der Waals surface area contributed by atoms with Gasteiger partial charge in [-0.05, 0) is 30.7 Å². The van der Waals surface area contributed by atoms with Gasteiger partial charge in [0, 0.05) is 15.9 Å². The smallest absolute Gasteiger partial charge is 0.304 e. The van der Waals surface area contributed by atoms with E-state index in [9.17, 15) is 35.7 Å². The second kappa shape index (κ2) is 9.29. The maximum Gasteiger partial charge on any atom is 0.417 e. The van der Waals surface area contributed by atoms with E-state index in [4.69, 9.17) is 23.8 Å². The summed E-state index contributed by atoms with van der Waals surface area (Å²) in [5.74, 6) is 0. The first-order chi connectivity index (χ1) is 15.7. The Kier molecular flexibility index (Phi) is 7.14. The number of halogens is 7. The average molecular weight is 535 g/mol. The second-order valence-electron chi connectivity index (χ2n) is 7.21. The summed E-state index contributed by atoms with van der Waals surface area (Å²) >= 11 is 11.5. The van der Waals surface area contributed by atoms with Crippen molar-refractivity contribution in [1.82, 2.24) is 0 Å². The first-order valence-electron chi connectivity index (χ1n) is 9.48. The van der Waals surface area contributed by atoms with Gasteiger partial charge in [0.05, 0.1) is 21.3 Å². The molecule has 0 spiro atoms. The molecule has 0 aliphatic rings. The molecule has 34 heavy (non-hydrogen) atoms. The van der Waals surface area contributed by atoms with Crippen molar-refractivity contribution in [1.29, 1.82) is 0 Å². The Balaban J connectivity index is 2.43. The van der Waals surface area contributed by atoms with Crippen molar-refractivity contribution in [3.8, 4) is 0 Å². The molecule has 0 aliphatic heterocycles. The highest BCUT2D eigenvalue weighted by Crippen LogP contribution is 2.55. The van der Waals surface area contributed by atoms with Crippen molar-refractivity contribution in [2.45, 2.75) is 19.3 Å². The molecule has 0 aromatic heterocycles. The predicted molar refractivity (Wildman–Crippen MR) is 122 cm³/mol. The van der Waals surface area contributed by atoms with E-state index in [0.29, 0.717) is 23.8 Å². The van der Waals surface area contributed by atoms with Crippen molar-refractivity contribution >= 4 is 46.4 Å². The number of thiocarbonyl (C=S) groups is 1. The molecular weight excluding hydrogens is 521 g/mol. The fourth-order valence-electron chi connectivity index (χ4n) is 3.44. The van der Waals surface area contributed by atoms with Crippen LogP contribution in [0.5, 0.6) is 0 Å². The van der Waals surface area contributed by atoms with Gasteiger partial charge in [0.1, 0.15) is 0 Å². The van der Waals surface area contributed by atoms with Gasteiger partial charge in [0.2, 0.25) is 12.7 Å². The number of carbonyl (C=O) groups is 1. The summed E-state index contributed by atoms with van der Waals surface area (Å²) in [6.07, 6.45) is -10.7. The molecule has 0 saturated carbocycles. The molecule has 3 rings (SSSR count). The molecule has 178 valence electrons. The molecule has 3 aromatic carbocycles. The van der Waals surface area contributed by atoms with Crippen LogP contribution in [0.3, 0.4) is 0 Å². The van der Waals surface area contributed by atoms with Crippen LogP contribution in [-0.4, -0.2) is 10.1 Å². The quantitative estimate of drug-likeness (QED) is 0.190. The Hall–Kier alpha value is -2.48. The highest BCUT2D eigenvalue weighted by atomic mass is 35.5. The molecule has 11 heteroatoms. The zero-order chi connectivity index (χ0) is 25.5. The summed E-state index contributed by atoms with van der Waals surface area (Å²) in [4.78, 5) is 13.6. The van der Waals surface area contributed by atoms with E-state index in [1.54, 1.807) is 0 Å². The van der Waals surface area contributed by atoms with E-state index in [2.05, 4.69) is 0 Å². The lowest BCUT2D eigenvalue weighted by Crippen LogP contribution is -2.26. The fraction of sp³-hybridized carbons (Fsp3) is 0.130. The minimum atomic E-state index is -5.34. The van der Waals surface area contributed by atoms with Crippen LogP contribution in [0.2, 0.25) is 5.02 Å². The third-order valence-corrected chi connectivity index (χ3v) is 8.92. The summed E-state index contributed by atoms with van der Waals surface area (Å²) < 4.78 is 96.3. The summed E-state index contributed by atoms with van der Waals surface area (Å²) in [5.41, 5.74) is -7.05. The maximum absolute atomic E-state index is 14.4. The lowest BCUT2D eigenvalue weighted by Gasteiger charge is -2.24. The Morgan fingerprint density at radius 3 is 1.76 bits per heavy atom. The van der Waals surface area contributed by atoms with Gasteiger partial charge in [-0.25, -0.2) is 0 Å². The summed E-state index contributed by atoms with van der Waals surface area (Å²) in [7, 11) is -4.94. The van der Waals surface area contributed by atoms with Crippen LogP contribution in [-0.2, 0) is 16.9 Å². The minimum absolute atomic E-state index is 0.0471. The van der Waals surface area contributed by atoms with Crippen LogP contribution >= 0.6 is 31.0 Å². The Morgan fingerprint density at radius 1 is 0.794 bits per heavy atom. The van der Waals surface area contributed by atoms with Crippen molar-refractivity contribution in [2.75, 3.05) is 0 Å². The maximum atomic E-state index is 14.4. The Bertz CT molecular complexity index is 1270. The lowest BCUT2D eigenvalue weighted by atomic mass is 10.0. The van der Waals surface area contributed by atoms with E-state index >= 15 is 0 Å². The van der Waals surface area contributed by atoms with Gasteiger partial charge >= 0.3 is 12.4 Å². The van der Waals surface area contributed by atoms with Gasteiger partial charge in [-0.3, -0.25) is 4.79 Å². The van der Waals surface area contributed by atoms with Gasteiger partial charge in [-0.1, -0.05) is 72.3 Å². The van der Waals surface area contributed by atoms with Crippen molar-refractivity contribution in [2.24, 2.45) is 0 Å². The van der Waals surface area contributed by atoms with Gasteiger partial charge in [0.15, 0.2) is 0 Å². The number of aryl methyl sites for hydroxylation is 1. The molecule has 1 unspecified atom stereocenters. The van der Waals surface area contributed by atoms with E-state index < -0.39 is 46.3 Å². The molecule has 0 bridgehead atoms. The van der Waals surface area contributed by atoms with Crippen LogP contribution < -0.4 is 5.30 Å². The van der Waals surface area contributed by atoms with Crippen LogP contribution in [0.4, 0.5) is 26.3 Å². The highest BCUT2D eigenvalue weighted by molar-refractivity contribution is 8.12. The minimum Gasteiger partial charge on any atom is -0.304 e. The van der Waals surface area contributed by atoms with Crippen LogP contribution in [0, 0.1) is 6.92 Å². The predicted octanol–water partition coefficient (Wildman–Crippen LogP) is 7.89. The average Bonchev–Trinajstić information content (AvgIpc) is 2.76. The highest BCUT2D eigenvalue weighted by Gasteiger charge is 2.49. The van der Waals surface area contributed by atoms with Crippen LogP contribution in [0.15, 0.2) is 66.7 Å². The zero-order valence-electron chi connectivity index (χ0n) is 17.2. The monoisotopic (exact) mass is 534 g/mol. The molecule has 0 radical (unpaired) electrons. The van der Waals surface area contributed by atoms with E-state index in [0.717, 1.165) is 0 Å². The Labute approximate surface area is 200 Å². The fourth-order valence-corrected chi connectivity index (χ4v) is 7.12. The normalized spacial score (nSPS) is 13.9. The van der Waals surface area contributed by atoms with Gasteiger partial charge in [-0.2, -0.15) is 26.3 Å². The molecule has 3 aromatic rings. The molecule has 0 saturated heterocycles. The molecule has 2 nitrogen and oxygen atoms in total.